The van der Waals surface area contributed by atoms with Crippen molar-refractivity contribution in [3.05, 3.63) is 29.8 Å². The minimum Gasteiger partial charge on any atom is -0.497 e. The third-order valence-corrected chi connectivity index (χ3v) is 3.31. The zero-order valence-corrected chi connectivity index (χ0v) is 12.5. The second kappa shape index (κ2) is 9.94. The third kappa shape index (κ3) is 6.90. The van der Waals surface area contributed by atoms with Crippen LogP contribution in [0.3, 0.4) is 0 Å². The highest BCUT2D eigenvalue weighted by Gasteiger charge is 2.06. The Morgan fingerprint density at radius 3 is 2.38 bits per heavy atom. The smallest absolute Gasteiger partial charge is 0.324 e. The molecule has 1 aromatic carbocycles. The standard InChI is InChI=1S/C16H23NO4/c1-20-14-9-7-8-13(12-14)15(18)10-5-3-2-4-6-11-16(19)21-17/h7-9,12H,2-6,10-11,17H2,1H3. The summed E-state index contributed by atoms with van der Waals surface area (Å²) in [5.74, 6) is 5.22. The van der Waals surface area contributed by atoms with Gasteiger partial charge in [0.2, 0.25) is 0 Å². The van der Waals surface area contributed by atoms with E-state index in [0.29, 0.717) is 24.2 Å². The van der Waals surface area contributed by atoms with Crippen molar-refractivity contribution in [3.8, 4) is 5.75 Å². The molecule has 0 aliphatic rings. The summed E-state index contributed by atoms with van der Waals surface area (Å²) in [6.07, 6.45) is 5.47. The maximum Gasteiger partial charge on any atom is 0.324 e. The summed E-state index contributed by atoms with van der Waals surface area (Å²) >= 11 is 0. The topological polar surface area (TPSA) is 78.6 Å². The molecule has 0 unspecified atom stereocenters. The van der Waals surface area contributed by atoms with Crippen LogP contribution in [-0.2, 0) is 9.63 Å². The van der Waals surface area contributed by atoms with Crippen LogP contribution in [0, 0.1) is 0 Å². The number of ketones is 1. The number of carbonyl (C=O) groups is 2. The van der Waals surface area contributed by atoms with Crippen LogP contribution in [0.1, 0.15) is 55.3 Å². The summed E-state index contributed by atoms with van der Waals surface area (Å²) in [5.41, 5.74) is 0.694. The van der Waals surface area contributed by atoms with Crippen LogP contribution < -0.4 is 10.6 Å². The molecule has 1 rings (SSSR count). The molecule has 0 atom stereocenters. The molecule has 0 bridgehead atoms. The molecule has 0 saturated heterocycles. The Labute approximate surface area is 125 Å². The molecule has 5 heteroatoms. The van der Waals surface area contributed by atoms with Crippen molar-refractivity contribution >= 4 is 11.8 Å². The van der Waals surface area contributed by atoms with Gasteiger partial charge in [-0.15, -0.1) is 0 Å². The fourth-order valence-electron chi connectivity index (χ4n) is 2.09. The van der Waals surface area contributed by atoms with E-state index in [0.717, 1.165) is 32.1 Å². The van der Waals surface area contributed by atoms with E-state index in [4.69, 9.17) is 10.6 Å². The van der Waals surface area contributed by atoms with Gasteiger partial charge in [-0.25, -0.2) is 0 Å². The first-order chi connectivity index (χ1) is 10.2. The molecule has 0 aromatic heterocycles. The van der Waals surface area contributed by atoms with Crippen LogP contribution >= 0.6 is 0 Å². The fourth-order valence-corrected chi connectivity index (χ4v) is 2.09. The molecule has 0 spiro atoms. The number of Topliss-reactive ketones (excluding diaryl/α,β-unsaturated/α-hetero) is 1. The molecule has 1 aromatic rings. The zero-order chi connectivity index (χ0) is 15.5. The molecule has 0 aliphatic carbocycles. The Bertz CT molecular complexity index is 459. The Hall–Kier alpha value is -1.88. The average molecular weight is 293 g/mol. The van der Waals surface area contributed by atoms with Gasteiger partial charge in [0.25, 0.3) is 0 Å². The van der Waals surface area contributed by atoms with Crippen LogP contribution in [0.4, 0.5) is 0 Å². The number of unbranched alkanes of at least 4 members (excludes halogenated alkanes) is 4. The van der Waals surface area contributed by atoms with E-state index in [1.165, 1.54) is 0 Å². The van der Waals surface area contributed by atoms with Gasteiger partial charge >= 0.3 is 5.97 Å². The van der Waals surface area contributed by atoms with Crippen molar-refractivity contribution in [2.45, 2.75) is 44.9 Å². The molecule has 0 fully saturated rings. The van der Waals surface area contributed by atoms with Crippen molar-refractivity contribution in [1.82, 2.24) is 0 Å². The normalized spacial score (nSPS) is 10.2. The number of nitrogens with two attached hydrogens (primary N) is 1. The molecular formula is C16H23NO4. The Morgan fingerprint density at radius 2 is 1.71 bits per heavy atom. The van der Waals surface area contributed by atoms with Gasteiger partial charge in [-0.3, -0.25) is 9.59 Å². The van der Waals surface area contributed by atoms with E-state index in [1.807, 2.05) is 18.2 Å². The predicted octanol–water partition coefficient (Wildman–Crippen LogP) is 3.03. The number of benzene rings is 1. The lowest BCUT2D eigenvalue weighted by Gasteiger charge is -2.04. The fraction of sp³-hybridized carbons (Fsp3) is 0.500. The average Bonchev–Trinajstić information content (AvgIpc) is 2.53. The Balaban J connectivity index is 2.14. The van der Waals surface area contributed by atoms with Gasteiger partial charge in [-0.2, -0.15) is 5.90 Å². The summed E-state index contributed by atoms with van der Waals surface area (Å²) in [6, 6.07) is 7.22. The molecule has 2 N–H and O–H groups in total. The lowest BCUT2D eigenvalue weighted by atomic mass is 10.0. The highest BCUT2D eigenvalue weighted by Crippen LogP contribution is 2.16. The molecule has 0 heterocycles. The van der Waals surface area contributed by atoms with E-state index in [-0.39, 0.29) is 11.8 Å². The molecule has 0 aliphatic heterocycles. The lowest BCUT2D eigenvalue weighted by molar-refractivity contribution is -0.144. The summed E-state index contributed by atoms with van der Waals surface area (Å²) in [5, 5.41) is 0. The van der Waals surface area contributed by atoms with Crippen molar-refractivity contribution in [1.29, 1.82) is 0 Å². The van der Waals surface area contributed by atoms with Gasteiger partial charge in [0.1, 0.15) is 5.75 Å². The van der Waals surface area contributed by atoms with Gasteiger partial charge in [0.05, 0.1) is 7.11 Å². The van der Waals surface area contributed by atoms with E-state index in [2.05, 4.69) is 4.84 Å². The summed E-state index contributed by atoms with van der Waals surface area (Å²) in [4.78, 5) is 26.9. The summed E-state index contributed by atoms with van der Waals surface area (Å²) < 4.78 is 5.10. The zero-order valence-electron chi connectivity index (χ0n) is 12.5. The number of rotatable bonds is 10. The van der Waals surface area contributed by atoms with Gasteiger partial charge in [0, 0.05) is 18.4 Å². The maximum absolute atomic E-state index is 12.0. The highest BCUT2D eigenvalue weighted by molar-refractivity contribution is 5.96. The van der Waals surface area contributed by atoms with Gasteiger partial charge in [-0.1, -0.05) is 31.4 Å². The van der Waals surface area contributed by atoms with Crippen LogP contribution in [0.5, 0.6) is 5.75 Å². The second-order valence-electron chi connectivity index (χ2n) is 4.91. The molecule has 5 nitrogen and oxygen atoms in total. The maximum atomic E-state index is 12.0. The van der Waals surface area contributed by atoms with Gasteiger partial charge in [0.15, 0.2) is 5.78 Å². The predicted molar refractivity (Wildman–Crippen MR) is 79.9 cm³/mol. The van der Waals surface area contributed by atoms with E-state index >= 15 is 0 Å². The van der Waals surface area contributed by atoms with Gasteiger partial charge < -0.3 is 9.57 Å². The van der Waals surface area contributed by atoms with E-state index in [1.54, 1.807) is 13.2 Å². The first-order valence-electron chi connectivity index (χ1n) is 7.24. The number of ether oxygens (including phenoxy) is 1. The van der Waals surface area contributed by atoms with Crippen molar-refractivity contribution in [2.24, 2.45) is 5.90 Å². The molecular weight excluding hydrogens is 270 g/mol. The Morgan fingerprint density at radius 1 is 1.05 bits per heavy atom. The largest absolute Gasteiger partial charge is 0.497 e. The van der Waals surface area contributed by atoms with Crippen molar-refractivity contribution in [3.63, 3.8) is 0 Å². The molecule has 116 valence electrons. The second-order valence-corrected chi connectivity index (χ2v) is 4.91. The first kappa shape index (κ1) is 17.2. The molecule has 21 heavy (non-hydrogen) atoms. The number of hydrogen-bond donors (Lipinski definition) is 1. The number of hydrogen-bond acceptors (Lipinski definition) is 5. The summed E-state index contributed by atoms with van der Waals surface area (Å²) in [7, 11) is 1.59. The SMILES string of the molecule is COc1cccc(C(=O)CCCCCCCC(=O)ON)c1. The molecule has 0 saturated carbocycles. The lowest BCUT2D eigenvalue weighted by Crippen LogP contribution is -2.09. The minimum absolute atomic E-state index is 0.139. The van der Waals surface area contributed by atoms with Crippen molar-refractivity contribution < 1.29 is 19.2 Å². The van der Waals surface area contributed by atoms with Crippen molar-refractivity contribution in [2.75, 3.05) is 7.11 Å². The highest BCUT2D eigenvalue weighted by atomic mass is 16.7. The monoisotopic (exact) mass is 293 g/mol. The third-order valence-electron chi connectivity index (χ3n) is 3.31. The minimum atomic E-state index is -0.372. The van der Waals surface area contributed by atoms with E-state index < -0.39 is 0 Å². The quantitative estimate of drug-likeness (QED) is 0.407. The van der Waals surface area contributed by atoms with Crippen LogP contribution in [0.25, 0.3) is 0 Å². The first-order valence-corrected chi connectivity index (χ1v) is 7.24. The van der Waals surface area contributed by atoms with Crippen LogP contribution in [0.2, 0.25) is 0 Å². The Kier molecular flexibility index (Phi) is 8.12. The van der Waals surface area contributed by atoms with Crippen LogP contribution in [0.15, 0.2) is 24.3 Å². The molecule has 0 radical (unpaired) electrons. The number of methoxy groups -OCH3 is 1. The van der Waals surface area contributed by atoms with E-state index in [9.17, 15) is 9.59 Å². The van der Waals surface area contributed by atoms with Gasteiger partial charge in [-0.05, 0) is 25.0 Å². The molecule has 0 amide bonds. The number of carbonyl (C=O) groups excluding carboxylic acids is 2. The van der Waals surface area contributed by atoms with Crippen LogP contribution in [-0.4, -0.2) is 18.9 Å². The summed E-state index contributed by atoms with van der Waals surface area (Å²) in [6.45, 7) is 0.